The molecule has 0 saturated carbocycles. The lowest BCUT2D eigenvalue weighted by atomic mass is 9.93. The first-order valence-corrected chi connectivity index (χ1v) is 8.77. The molecule has 1 aliphatic heterocycles. The number of rotatable bonds is 5. The van der Waals surface area contributed by atoms with Crippen molar-refractivity contribution in [2.24, 2.45) is 5.92 Å². The molecule has 2 atom stereocenters. The van der Waals surface area contributed by atoms with Crippen LogP contribution in [0.15, 0.2) is 34.7 Å². The van der Waals surface area contributed by atoms with E-state index >= 15 is 0 Å². The van der Waals surface area contributed by atoms with Crippen molar-refractivity contribution in [3.8, 4) is 0 Å². The first-order chi connectivity index (χ1) is 12.8. The number of halogens is 1. The van der Waals surface area contributed by atoms with E-state index in [1.165, 1.54) is 6.07 Å². The van der Waals surface area contributed by atoms with E-state index in [9.17, 15) is 14.4 Å². The highest BCUT2D eigenvalue weighted by Crippen LogP contribution is 2.37. The minimum absolute atomic E-state index is 0.0453. The van der Waals surface area contributed by atoms with Gasteiger partial charge in [-0.2, -0.15) is 0 Å². The largest absolute Gasteiger partial charge is 0.478 e. The van der Waals surface area contributed by atoms with Crippen LogP contribution in [0.4, 0.5) is 0 Å². The number of nitrogens with one attached hydrogen (secondary N) is 1. The van der Waals surface area contributed by atoms with E-state index in [-0.39, 0.29) is 36.1 Å². The molecule has 0 aliphatic carbocycles. The van der Waals surface area contributed by atoms with Crippen LogP contribution in [0, 0.1) is 12.8 Å². The Morgan fingerprint density at radius 1 is 1.37 bits per heavy atom. The molecule has 2 N–H and O–H groups in total. The van der Waals surface area contributed by atoms with Crippen molar-refractivity contribution in [3.05, 3.63) is 58.0 Å². The van der Waals surface area contributed by atoms with Crippen molar-refractivity contribution in [2.45, 2.75) is 25.9 Å². The second-order valence-electron chi connectivity index (χ2n) is 6.52. The molecule has 3 rings (SSSR count). The van der Waals surface area contributed by atoms with E-state index in [1.54, 1.807) is 37.1 Å². The normalized spacial score (nSPS) is 19.4. The van der Waals surface area contributed by atoms with Crippen molar-refractivity contribution in [1.82, 2.24) is 10.2 Å². The predicted molar refractivity (Wildman–Crippen MR) is 97.3 cm³/mol. The highest BCUT2D eigenvalue weighted by atomic mass is 35.5. The number of nitrogens with zero attached hydrogens (tertiary/aromatic N) is 1. The van der Waals surface area contributed by atoms with E-state index in [2.05, 4.69) is 5.32 Å². The summed E-state index contributed by atoms with van der Waals surface area (Å²) in [4.78, 5) is 37.5. The Balaban J connectivity index is 1.75. The fourth-order valence-corrected chi connectivity index (χ4v) is 3.60. The number of carboxylic acids is 1. The summed E-state index contributed by atoms with van der Waals surface area (Å²) in [6.45, 7) is 1.60. The van der Waals surface area contributed by atoms with Crippen LogP contribution in [0.2, 0.25) is 5.02 Å². The maximum Gasteiger partial charge on any atom is 0.339 e. The van der Waals surface area contributed by atoms with Crippen LogP contribution < -0.4 is 5.32 Å². The number of hydrogen-bond donors (Lipinski definition) is 2. The molecular formula is C19H19ClN2O5. The quantitative estimate of drug-likeness (QED) is 0.817. The smallest absolute Gasteiger partial charge is 0.339 e. The summed E-state index contributed by atoms with van der Waals surface area (Å²) in [5, 5.41) is 12.3. The number of benzene rings is 1. The number of likely N-dealkylation sites (tertiary alicyclic amines) is 1. The highest BCUT2D eigenvalue weighted by Gasteiger charge is 2.42. The van der Waals surface area contributed by atoms with Crippen LogP contribution in [0.25, 0.3) is 0 Å². The van der Waals surface area contributed by atoms with Gasteiger partial charge in [0.2, 0.25) is 11.8 Å². The van der Waals surface area contributed by atoms with Crippen LogP contribution in [-0.4, -0.2) is 34.8 Å². The second-order valence-corrected chi connectivity index (χ2v) is 6.96. The molecule has 1 aromatic heterocycles. The second kappa shape index (κ2) is 7.44. The number of carboxylic acid groups (broad SMARTS) is 1. The number of aromatic carboxylic acids is 1. The van der Waals surface area contributed by atoms with Crippen molar-refractivity contribution < 1.29 is 23.9 Å². The molecule has 1 fully saturated rings. The maximum absolute atomic E-state index is 12.7. The fraction of sp³-hybridized carbons (Fsp3) is 0.316. The molecule has 1 saturated heterocycles. The summed E-state index contributed by atoms with van der Waals surface area (Å²) in [6, 6.07) is 8.07. The molecule has 2 heterocycles. The zero-order chi connectivity index (χ0) is 19.7. The molecule has 2 unspecified atom stereocenters. The van der Waals surface area contributed by atoms with Gasteiger partial charge >= 0.3 is 5.97 Å². The summed E-state index contributed by atoms with van der Waals surface area (Å²) < 4.78 is 5.37. The average Bonchev–Trinajstić information content (AvgIpc) is 3.13. The molecule has 2 aromatic rings. The number of aryl methyl sites for hydroxylation is 1. The van der Waals surface area contributed by atoms with Gasteiger partial charge in [-0.3, -0.25) is 9.59 Å². The van der Waals surface area contributed by atoms with Gasteiger partial charge in [-0.25, -0.2) is 4.79 Å². The number of amides is 2. The van der Waals surface area contributed by atoms with Gasteiger partial charge < -0.3 is 19.7 Å². The van der Waals surface area contributed by atoms with Crippen LogP contribution in [0.5, 0.6) is 0 Å². The molecule has 0 bridgehead atoms. The number of carbonyl (C=O) groups is 3. The zero-order valence-corrected chi connectivity index (χ0v) is 15.6. The predicted octanol–water partition coefficient (Wildman–Crippen LogP) is 2.78. The summed E-state index contributed by atoms with van der Waals surface area (Å²) >= 11 is 6.05. The van der Waals surface area contributed by atoms with Gasteiger partial charge in [0, 0.05) is 18.5 Å². The summed E-state index contributed by atoms with van der Waals surface area (Å²) in [5.41, 5.74) is 0.852. The Bertz CT molecular complexity index is 907. The van der Waals surface area contributed by atoms with Gasteiger partial charge in [0.15, 0.2) is 0 Å². The lowest BCUT2D eigenvalue weighted by molar-refractivity contribution is -0.128. The van der Waals surface area contributed by atoms with Crippen molar-refractivity contribution in [1.29, 1.82) is 0 Å². The van der Waals surface area contributed by atoms with Crippen LogP contribution >= 0.6 is 11.6 Å². The molecule has 0 spiro atoms. The van der Waals surface area contributed by atoms with Crippen molar-refractivity contribution >= 4 is 29.4 Å². The summed E-state index contributed by atoms with van der Waals surface area (Å²) in [6.07, 6.45) is 0.0943. The minimum atomic E-state index is -1.09. The van der Waals surface area contributed by atoms with Gasteiger partial charge in [-0.15, -0.1) is 0 Å². The van der Waals surface area contributed by atoms with Crippen LogP contribution in [-0.2, 0) is 16.1 Å². The SMILES string of the molecule is Cc1oc(CNC(=O)C2CC(=O)N(C)C2c2cccc(Cl)c2)cc1C(=O)O. The van der Waals surface area contributed by atoms with Gasteiger partial charge in [0.1, 0.15) is 17.1 Å². The minimum Gasteiger partial charge on any atom is -0.478 e. The highest BCUT2D eigenvalue weighted by molar-refractivity contribution is 6.30. The van der Waals surface area contributed by atoms with E-state index < -0.39 is 17.9 Å². The number of hydrogen-bond acceptors (Lipinski definition) is 4. The Morgan fingerprint density at radius 3 is 2.74 bits per heavy atom. The summed E-state index contributed by atoms with van der Waals surface area (Å²) in [5.74, 6) is -1.46. The Morgan fingerprint density at radius 2 is 2.11 bits per heavy atom. The van der Waals surface area contributed by atoms with Crippen molar-refractivity contribution in [2.75, 3.05) is 7.05 Å². The Labute approximate surface area is 160 Å². The van der Waals surface area contributed by atoms with Gasteiger partial charge in [0.05, 0.1) is 18.5 Å². The Hall–Kier alpha value is -2.80. The van der Waals surface area contributed by atoms with E-state index in [4.69, 9.17) is 21.1 Å². The zero-order valence-electron chi connectivity index (χ0n) is 14.9. The number of furan rings is 1. The third kappa shape index (κ3) is 3.83. The first kappa shape index (κ1) is 19.0. The molecule has 27 heavy (non-hydrogen) atoms. The van der Waals surface area contributed by atoms with Gasteiger partial charge in [-0.05, 0) is 30.7 Å². The monoisotopic (exact) mass is 390 g/mol. The Kier molecular flexibility index (Phi) is 5.23. The third-order valence-electron chi connectivity index (χ3n) is 4.75. The molecule has 0 radical (unpaired) electrons. The molecule has 1 aromatic carbocycles. The fourth-order valence-electron chi connectivity index (χ4n) is 3.40. The van der Waals surface area contributed by atoms with Gasteiger partial charge in [0.25, 0.3) is 0 Å². The first-order valence-electron chi connectivity index (χ1n) is 8.39. The summed E-state index contributed by atoms with van der Waals surface area (Å²) in [7, 11) is 1.66. The molecule has 8 heteroatoms. The molecule has 1 aliphatic rings. The van der Waals surface area contributed by atoms with Crippen molar-refractivity contribution in [3.63, 3.8) is 0 Å². The van der Waals surface area contributed by atoms with E-state index in [0.29, 0.717) is 10.8 Å². The molecular weight excluding hydrogens is 372 g/mol. The van der Waals surface area contributed by atoms with Gasteiger partial charge in [-0.1, -0.05) is 23.7 Å². The number of carbonyl (C=O) groups excluding carboxylic acids is 2. The molecule has 7 nitrogen and oxygen atoms in total. The van der Waals surface area contributed by atoms with Crippen LogP contribution in [0.1, 0.15) is 39.9 Å². The lowest BCUT2D eigenvalue weighted by Gasteiger charge is -2.25. The van der Waals surface area contributed by atoms with E-state index in [1.807, 2.05) is 6.07 Å². The third-order valence-corrected chi connectivity index (χ3v) is 4.98. The van der Waals surface area contributed by atoms with E-state index in [0.717, 1.165) is 5.56 Å². The average molecular weight is 391 g/mol. The van der Waals surface area contributed by atoms with Crippen LogP contribution in [0.3, 0.4) is 0 Å². The maximum atomic E-state index is 12.7. The topological polar surface area (TPSA) is 99.9 Å². The molecule has 2 amide bonds. The lowest BCUT2D eigenvalue weighted by Crippen LogP contribution is -2.34. The molecule has 142 valence electrons. The standard InChI is InChI=1S/C19H19ClN2O5/c1-10-14(19(25)26)7-13(27-10)9-21-18(24)15-8-16(23)22(2)17(15)11-4-3-5-12(20)6-11/h3-7,15,17H,8-9H2,1-2H3,(H,21,24)(H,25,26).